The average Bonchev–Trinajstić information content (AvgIpc) is 2.96. The van der Waals surface area contributed by atoms with E-state index in [-0.39, 0.29) is 18.6 Å². The van der Waals surface area contributed by atoms with Crippen LogP contribution >= 0.6 is 23.2 Å². The van der Waals surface area contributed by atoms with Crippen molar-refractivity contribution in [3.63, 3.8) is 0 Å². The van der Waals surface area contributed by atoms with E-state index in [2.05, 4.69) is 15.6 Å². The van der Waals surface area contributed by atoms with Crippen LogP contribution in [0.5, 0.6) is 0 Å². The van der Waals surface area contributed by atoms with E-state index >= 15 is 0 Å². The largest absolute Gasteiger partial charge is 0.396 e. The minimum Gasteiger partial charge on any atom is -0.396 e. The van der Waals surface area contributed by atoms with E-state index in [4.69, 9.17) is 28.3 Å². The van der Waals surface area contributed by atoms with E-state index < -0.39 is 0 Å². The molecule has 18 heavy (non-hydrogen) atoms. The molecule has 94 valence electrons. The Kier molecular flexibility index (Phi) is 3.06. The molecule has 1 aliphatic carbocycles. The lowest BCUT2D eigenvalue weighted by Gasteiger charge is -2.13. The molecule has 2 aromatic rings. The SMILES string of the molecule is OC[C@H]1C=C[C@@H](n2cnc3cc(Cl)c(Cl)cc32)C1. The highest BCUT2D eigenvalue weighted by Gasteiger charge is 2.21. The number of aliphatic hydroxyl groups is 1. The van der Waals surface area contributed by atoms with Crippen molar-refractivity contribution < 1.29 is 5.11 Å². The van der Waals surface area contributed by atoms with Gasteiger partial charge in [-0.05, 0) is 18.6 Å². The van der Waals surface area contributed by atoms with Crippen molar-refractivity contribution in [2.45, 2.75) is 12.5 Å². The van der Waals surface area contributed by atoms with Crippen molar-refractivity contribution >= 4 is 34.2 Å². The first-order valence-corrected chi connectivity index (χ1v) is 6.55. The quantitative estimate of drug-likeness (QED) is 0.857. The summed E-state index contributed by atoms with van der Waals surface area (Å²) in [6.45, 7) is 0.187. The predicted molar refractivity (Wildman–Crippen MR) is 73.1 cm³/mol. The van der Waals surface area contributed by atoms with Crippen molar-refractivity contribution in [2.24, 2.45) is 5.92 Å². The third-order valence-corrected chi connectivity index (χ3v) is 4.08. The van der Waals surface area contributed by atoms with Crippen LogP contribution in [0.1, 0.15) is 12.5 Å². The van der Waals surface area contributed by atoms with E-state index in [1.54, 1.807) is 12.4 Å². The summed E-state index contributed by atoms with van der Waals surface area (Å²) in [6.07, 6.45) is 6.84. The number of hydrogen-bond donors (Lipinski definition) is 1. The summed E-state index contributed by atoms with van der Waals surface area (Å²) in [4.78, 5) is 4.34. The third kappa shape index (κ3) is 1.92. The molecule has 0 saturated heterocycles. The number of benzene rings is 1. The van der Waals surface area contributed by atoms with Gasteiger partial charge in [-0.3, -0.25) is 0 Å². The zero-order valence-corrected chi connectivity index (χ0v) is 11.1. The fourth-order valence-electron chi connectivity index (χ4n) is 2.38. The first-order chi connectivity index (χ1) is 8.69. The van der Waals surface area contributed by atoms with Crippen molar-refractivity contribution in [1.29, 1.82) is 0 Å². The van der Waals surface area contributed by atoms with Crippen LogP contribution in [0.25, 0.3) is 11.0 Å². The third-order valence-electron chi connectivity index (χ3n) is 3.36. The monoisotopic (exact) mass is 282 g/mol. The second-order valence-electron chi connectivity index (χ2n) is 4.54. The maximum absolute atomic E-state index is 9.16. The van der Waals surface area contributed by atoms with Crippen LogP contribution in [0.3, 0.4) is 0 Å². The fraction of sp³-hybridized carbons (Fsp3) is 0.308. The Morgan fingerprint density at radius 3 is 2.78 bits per heavy atom. The second kappa shape index (κ2) is 4.57. The van der Waals surface area contributed by atoms with Gasteiger partial charge in [-0.25, -0.2) is 4.98 Å². The Morgan fingerprint density at radius 1 is 1.28 bits per heavy atom. The average molecular weight is 283 g/mol. The van der Waals surface area contributed by atoms with Gasteiger partial charge in [-0.1, -0.05) is 35.4 Å². The van der Waals surface area contributed by atoms with Gasteiger partial charge >= 0.3 is 0 Å². The molecule has 0 saturated carbocycles. The molecule has 0 fully saturated rings. The number of rotatable bonds is 2. The number of aromatic nitrogens is 2. The molecule has 3 rings (SSSR count). The normalized spacial score (nSPS) is 23.1. The molecule has 0 aliphatic heterocycles. The predicted octanol–water partition coefficient (Wildman–Crippen LogP) is 3.45. The molecule has 0 bridgehead atoms. The molecule has 5 heteroatoms. The van der Waals surface area contributed by atoms with Gasteiger partial charge in [-0.15, -0.1) is 0 Å². The summed E-state index contributed by atoms with van der Waals surface area (Å²) in [5.74, 6) is 0.232. The van der Waals surface area contributed by atoms with Gasteiger partial charge in [0.1, 0.15) is 0 Å². The first-order valence-electron chi connectivity index (χ1n) is 5.80. The zero-order chi connectivity index (χ0) is 12.7. The number of imidazole rings is 1. The maximum atomic E-state index is 9.16. The Hall–Kier alpha value is -1.03. The van der Waals surface area contributed by atoms with Gasteiger partial charge in [0.2, 0.25) is 0 Å². The lowest BCUT2D eigenvalue weighted by molar-refractivity contribution is 0.244. The van der Waals surface area contributed by atoms with Gasteiger partial charge in [0.15, 0.2) is 0 Å². The molecule has 2 atom stereocenters. The molecule has 1 aliphatic rings. The molecule has 1 N–H and O–H groups in total. The summed E-state index contributed by atoms with van der Waals surface area (Å²) in [5, 5.41) is 10.2. The lowest BCUT2D eigenvalue weighted by atomic mass is 10.1. The molecule has 0 unspecified atom stereocenters. The van der Waals surface area contributed by atoms with E-state index in [0.717, 1.165) is 17.5 Å². The van der Waals surface area contributed by atoms with E-state index in [9.17, 15) is 0 Å². The Balaban J connectivity index is 2.03. The number of fused-ring (bicyclic) bond motifs is 1. The standard InChI is InChI=1S/C13H12Cl2N2O/c14-10-4-12-13(5-11(10)15)17(7-16-12)9-2-1-8(3-9)6-18/h1-2,4-5,7-9,18H,3,6H2/t8-,9+/m0/s1. The molecule has 1 aromatic heterocycles. The number of aliphatic hydroxyl groups excluding tert-OH is 1. The van der Waals surface area contributed by atoms with E-state index in [1.807, 2.05) is 12.1 Å². The highest BCUT2D eigenvalue weighted by molar-refractivity contribution is 6.42. The van der Waals surface area contributed by atoms with Crippen molar-refractivity contribution in [3.05, 3.63) is 40.7 Å². The van der Waals surface area contributed by atoms with Crippen LogP contribution in [0.15, 0.2) is 30.6 Å². The summed E-state index contributed by atoms with van der Waals surface area (Å²) < 4.78 is 2.07. The minimum atomic E-state index is 0.187. The Morgan fingerprint density at radius 2 is 2.06 bits per heavy atom. The van der Waals surface area contributed by atoms with Crippen LogP contribution in [0, 0.1) is 5.92 Å². The Bertz CT molecular complexity index is 621. The molecule has 1 aromatic carbocycles. The second-order valence-corrected chi connectivity index (χ2v) is 5.35. The topological polar surface area (TPSA) is 38.0 Å². The van der Waals surface area contributed by atoms with Crippen molar-refractivity contribution in [3.8, 4) is 0 Å². The molecule has 1 heterocycles. The van der Waals surface area contributed by atoms with Crippen LogP contribution < -0.4 is 0 Å². The number of halogens is 2. The van der Waals surface area contributed by atoms with Crippen molar-refractivity contribution in [1.82, 2.24) is 9.55 Å². The number of nitrogens with zero attached hydrogens (tertiary/aromatic N) is 2. The van der Waals surface area contributed by atoms with Crippen LogP contribution in [-0.2, 0) is 0 Å². The molecular weight excluding hydrogens is 271 g/mol. The van der Waals surface area contributed by atoms with Gasteiger partial charge in [0, 0.05) is 12.5 Å². The minimum absolute atomic E-state index is 0.187. The number of allylic oxidation sites excluding steroid dienone is 1. The lowest BCUT2D eigenvalue weighted by Crippen LogP contribution is -2.07. The molecule has 0 spiro atoms. The first kappa shape index (κ1) is 12.0. The smallest absolute Gasteiger partial charge is 0.0963 e. The van der Waals surface area contributed by atoms with Gasteiger partial charge in [0.25, 0.3) is 0 Å². The van der Waals surface area contributed by atoms with Gasteiger partial charge < -0.3 is 9.67 Å². The van der Waals surface area contributed by atoms with Gasteiger partial charge in [-0.2, -0.15) is 0 Å². The highest BCUT2D eigenvalue weighted by atomic mass is 35.5. The molecular formula is C13H12Cl2N2O. The highest BCUT2D eigenvalue weighted by Crippen LogP contribution is 2.33. The van der Waals surface area contributed by atoms with E-state index in [0.29, 0.717) is 10.0 Å². The summed E-state index contributed by atoms with van der Waals surface area (Å²) >= 11 is 12.0. The molecule has 0 amide bonds. The van der Waals surface area contributed by atoms with Crippen LogP contribution in [-0.4, -0.2) is 21.3 Å². The summed E-state index contributed by atoms with van der Waals surface area (Å²) in [7, 11) is 0. The summed E-state index contributed by atoms with van der Waals surface area (Å²) in [5.41, 5.74) is 1.81. The van der Waals surface area contributed by atoms with Crippen molar-refractivity contribution in [2.75, 3.05) is 6.61 Å². The van der Waals surface area contributed by atoms with Crippen LogP contribution in [0.2, 0.25) is 10.0 Å². The van der Waals surface area contributed by atoms with Crippen LogP contribution in [0.4, 0.5) is 0 Å². The van der Waals surface area contributed by atoms with E-state index in [1.165, 1.54) is 0 Å². The number of hydrogen-bond acceptors (Lipinski definition) is 2. The maximum Gasteiger partial charge on any atom is 0.0963 e. The zero-order valence-electron chi connectivity index (χ0n) is 9.55. The molecule has 0 radical (unpaired) electrons. The molecule has 3 nitrogen and oxygen atoms in total. The Labute approximate surface area is 115 Å². The summed E-state index contributed by atoms with van der Waals surface area (Å²) in [6, 6.07) is 3.84. The fourth-order valence-corrected chi connectivity index (χ4v) is 2.70. The van der Waals surface area contributed by atoms with Gasteiger partial charge in [0.05, 0.1) is 33.4 Å².